The monoisotopic (exact) mass is 825 g/mol. The highest BCUT2D eigenvalue weighted by molar-refractivity contribution is 8.30. The highest BCUT2D eigenvalue weighted by Crippen LogP contribution is 2.52. The van der Waals surface area contributed by atoms with Gasteiger partial charge < -0.3 is 10.0 Å². The molecule has 2 atom stereocenters. The Morgan fingerprint density at radius 2 is 1.52 bits per heavy atom. The number of carbonyl (C=O) groups excluding carboxylic acids is 1. The van der Waals surface area contributed by atoms with Crippen LogP contribution < -0.4 is 19.7 Å². The number of fused-ring (bicyclic) bond motifs is 3. The van der Waals surface area contributed by atoms with Gasteiger partial charge in [-0.3, -0.25) is 23.9 Å². The van der Waals surface area contributed by atoms with Gasteiger partial charge in [-0.2, -0.15) is 0 Å². The number of nitrogens with zero attached hydrogens (tertiary/aromatic N) is 3. The fourth-order valence-electron chi connectivity index (χ4n) is 8.66. The minimum Gasteiger partial charge on any atom is -0.480 e. The second-order valence-corrected chi connectivity index (χ2v) is 18.0. The van der Waals surface area contributed by atoms with E-state index in [2.05, 4.69) is 103 Å². The number of carboxylic acid groups (broad SMARTS) is 1. The second-order valence-electron chi connectivity index (χ2n) is 15.3. The van der Waals surface area contributed by atoms with Crippen LogP contribution in [0.15, 0.2) is 108 Å². The summed E-state index contributed by atoms with van der Waals surface area (Å²) in [5.41, 5.74) is 8.72. The van der Waals surface area contributed by atoms with Gasteiger partial charge in [0.15, 0.2) is 0 Å². The van der Waals surface area contributed by atoms with Crippen LogP contribution in [-0.2, 0) is 16.1 Å². The van der Waals surface area contributed by atoms with Crippen molar-refractivity contribution >= 4 is 85.5 Å². The van der Waals surface area contributed by atoms with E-state index in [9.17, 15) is 19.5 Å². The fraction of sp³-hybridized carbons (Fsp3) is 0.292. The molecule has 1 aromatic heterocycles. The Morgan fingerprint density at radius 1 is 0.845 bits per heavy atom. The SMILES string of the molecule is CCCCCCCCN1C(=O)/C(=c2\s/c(=C\c3ccc4c(c3)[C@H]3CCC[C@H]3N4c3ccc(C=C(c4ccccc4)c4ccccc4)cc3)c(=O)n2CC(=O)O)SC1=S. The standard InChI is InChI=1S/C48H47N3O4S3/c1-2-3-4-5-6-13-27-49-46(55)44(58-48(49)56)47-50(31-43(52)53)45(54)42(57-47)30-33-23-26-41-39(29-33)37-19-14-20-40(37)51(41)36-24-21-32(22-25-36)28-38(34-15-9-7-10-16-34)35-17-11-8-12-18-35/h7-12,15-18,21-26,28-30,37,40H,2-6,13-14,19-20,27,31H2,1H3,(H,52,53)/b42-30-,47-44+/t37-,40-/m1/s1. The Hall–Kier alpha value is -5.03. The maximum atomic E-state index is 13.8. The van der Waals surface area contributed by atoms with Crippen LogP contribution in [0.5, 0.6) is 0 Å². The summed E-state index contributed by atoms with van der Waals surface area (Å²) in [6.07, 6.45) is 14.0. The van der Waals surface area contributed by atoms with Gasteiger partial charge in [0.2, 0.25) is 0 Å². The molecule has 5 aromatic rings. The number of benzene rings is 4. The molecule has 2 fully saturated rings. The molecule has 0 radical (unpaired) electrons. The van der Waals surface area contributed by atoms with E-state index in [1.807, 2.05) is 24.3 Å². The van der Waals surface area contributed by atoms with E-state index < -0.39 is 18.1 Å². The number of thioether (sulfide) groups is 1. The zero-order chi connectivity index (χ0) is 40.2. The number of anilines is 2. The van der Waals surface area contributed by atoms with Gasteiger partial charge in [0.05, 0.1) is 4.53 Å². The quantitative estimate of drug-likeness (QED) is 0.0679. The molecule has 8 rings (SSSR count). The van der Waals surface area contributed by atoms with Gasteiger partial charge in [0, 0.05) is 29.9 Å². The Labute approximate surface area is 353 Å². The highest BCUT2D eigenvalue weighted by Gasteiger charge is 2.42. The summed E-state index contributed by atoms with van der Waals surface area (Å²) in [4.78, 5) is 43.9. The Morgan fingerprint density at radius 3 is 2.21 bits per heavy atom. The van der Waals surface area contributed by atoms with Crippen LogP contribution >= 0.6 is 35.3 Å². The van der Waals surface area contributed by atoms with Gasteiger partial charge in [-0.25, -0.2) is 0 Å². The van der Waals surface area contributed by atoms with Gasteiger partial charge in [-0.05, 0) is 89.1 Å². The maximum absolute atomic E-state index is 13.8. The molecule has 1 aliphatic carbocycles. The lowest BCUT2D eigenvalue weighted by molar-refractivity contribution is -0.137. The summed E-state index contributed by atoms with van der Waals surface area (Å²) < 4.78 is 2.41. The molecule has 0 unspecified atom stereocenters. The number of carbonyl (C=O) groups is 2. The molecule has 7 nitrogen and oxygen atoms in total. The van der Waals surface area contributed by atoms with E-state index in [0.29, 0.717) is 36.9 Å². The molecule has 1 saturated heterocycles. The van der Waals surface area contributed by atoms with Crippen LogP contribution in [0.3, 0.4) is 0 Å². The summed E-state index contributed by atoms with van der Waals surface area (Å²) in [5, 5.41) is 9.78. The number of amides is 1. The van der Waals surface area contributed by atoms with E-state index >= 15 is 0 Å². The number of aromatic nitrogens is 1. The van der Waals surface area contributed by atoms with E-state index in [4.69, 9.17) is 12.2 Å². The first-order valence-corrected chi connectivity index (χ1v) is 22.4. The van der Waals surface area contributed by atoms with Crippen molar-refractivity contribution in [1.82, 2.24) is 9.47 Å². The minimum atomic E-state index is -1.14. The smallest absolute Gasteiger partial charge is 0.323 e. The predicted octanol–water partition coefficient (Wildman–Crippen LogP) is 9.53. The van der Waals surface area contributed by atoms with Crippen molar-refractivity contribution in [3.63, 3.8) is 0 Å². The lowest BCUT2D eigenvalue weighted by atomic mass is 9.95. The Balaban J connectivity index is 1.09. The molecule has 58 heavy (non-hydrogen) atoms. The molecule has 3 heterocycles. The number of unbranched alkanes of at least 4 members (excludes halogenated alkanes) is 5. The molecule has 1 N–H and O–H groups in total. The number of thiazole rings is 1. The number of aliphatic carboxylic acids is 1. The van der Waals surface area contributed by atoms with E-state index in [1.54, 1.807) is 4.90 Å². The number of hydrogen-bond acceptors (Lipinski definition) is 7. The van der Waals surface area contributed by atoms with Crippen LogP contribution in [0, 0.1) is 0 Å². The van der Waals surface area contributed by atoms with Gasteiger partial charge in [-0.1, -0.05) is 148 Å². The average molecular weight is 826 g/mol. The third-order valence-corrected chi connectivity index (χ3v) is 14.1. The van der Waals surface area contributed by atoms with Crippen LogP contribution in [0.2, 0.25) is 0 Å². The van der Waals surface area contributed by atoms with Crippen molar-refractivity contribution in [3.05, 3.63) is 150 Å². The summed E-state index contributed by atoms with van der Waals surface area (Å²) in [6.45, 7) is 2.18. The van der Waals surface area contributed by atoms with Crippen LogP contribution in [-0.4, -0.2) is 43.4 Å². The van der Waals surface area contributed by atoms with Gasteiger partial charge in [0.1, 0.15) is 20.4 Å². The van der Waals surface area contributed by atoms with Gasteiger partial charge >= 0.3 is 5.97 Å². The van der Waals surface area contributed by atoms with Crippen LogP contribution in [0.4, 0.5) is 11.4 Å². The molecule has 2 aliphatic heterocycles. The van der Waals surface area contributed by atoms with Crippen molar-refractivity contribution in [2.45, 2.75) is 83.2 Å². The van der Waals surface area contributed by atoms with Crippen LogP contribution in [0.25, 0.3) is 22.6 Å². The molecule has 0 spiro atoms. The molecule has 1 amide bonds. The summed E-state index contributed by atoms with van der Waals surface area (Å²) in [7, 11) is 0. The average Bonchev–Trinajstić information content (AvgIpc) is 3.98. The van der Waals surface area contributed by atoms with E-state index in [1.165, 1.54) is 63.1 Å². The molecule has 3 aliphatic rings. The summed E-state index contributed by atoms with van der Waals surface area (Å²) in [6, 6.07) is 36.6. The fourth-order valence-corrected chi connectivity index (χ4v) is 11.2. The number of thiocarbonyl (C=S) groups is 1. The third-order valence-electron chi connectivity index (χ3n) is 11.5. The van der Waals surface area contributed by atoms with E-state index in [0.717, 1.165) is 67.1 Å². The second kappa shape index (κ2) is 17.9. The molecule has 296 valence electrons. The molecule has 1 saturated carbocycles. The molecule has 4 aromatic carbocycles. The maximum Gasteiger partial charge on any atom is 0.323 e. The lowest BCUT2D eigenvalue weighted by Crippen LogP contribution is -2.35. The molecule has 0 bridgehead atoms. The highest BCUT2D eigenvalue weighted by atomic mass is 32.2. The molecular weight excluding hydrogens is 779 g/mol. The van der Waals surface area contributed by atoms with Crippen LogP contribution in [0.1, 0.15) is 98.4 Å². The minimum absolute atomic E-state index is 0.253. The van der Waals surface area contributed by atoms with Crippen molar-refractivity contribution in [2.24, 2.45) is 0 Å². The largest absolute Gasteiger partial charge is 0.480 e. The van der Waals surface area contributed by atoms with E-state index in [-0.39, 0.29) is 5.91 Å². The molecule has 10 heteroatoms. The molecular formula is C48H47N3O4S3. The Kier molecular flexibility index (Phi) is 12.2. The summed E-state index contributed by atoms with van der Waals surface area (Å²) >= 11 is 7.94. The van der Waals surface area contributed by atoms with Gasteiger partial charge in [0.25, 0.3) is 11.5 Å². The lowest BCUT2D eigenvalue weighted by Gasteiger charge is -2.27. The summed E-state index contributed by atoms with van der Waals surface area (Å²) in [5.74, 6) is -1.02. The predicted molar refractivity (Wildman–Crippen MR) is 243 cm³/mol. The van der Waals surface area contributed by atoms with Crippen molar-refractivity contribution < 1.29 is 14.7 Å². The topological polar surface area (TPSA) is 82.9 Å². The number of rotatable bonds is 14. The number of hydrogen-bond donors (Lipinski definition) is 1. The number of carboxylic acids is 1. The van der Waals surface area contributed by atoms with Crippen molar-refractivity contribution in [1.29, 1.82) is 0 Å². The Bertz CT molecular complexity index is 2500. The van der Waals surface area contributed by atoms with Gasteiger partial charge in [-0.15, -0.1) is 11.3 Å². The first kappa shape index (κ1) is 39.8. The normalized spacial score (nSPS) is 18.5. The van der Waals surface area contributed by atoms with Crippen molar-refractivity contribution in [3.8, 4) is 0 Å². The van der Waals surface area contributed by atoms with Crippen molar-refractivity contribution in [2.75, 3.05) is 11.4 Å². The zero-order valence-electron chi connectivity index (χ0n) is 32.6. The zero-order valence-corrected chi connectivity index (χ0v) is 35.1. The first-order valence-electron chi connectivity index (χ1n) is 20.4. The third kappa shape index (κ3) is 8.28. The first-order chi connectivity index (χ1) is 28.3.